The maximum atomic E-state index is 11.3. The lowest BCUT2D eigenvalue weighted by atomic mass is 10.1. The van der Waals surface area contributed by atoms with E-state index in [0.717, 1.165) is 4.47 Å². The Morgan fingerprint density at radius 1 is 1.62 bits per heavy atom. The first-order valence-electron chi connectivity index (χ1n) is 3.62. The fourth-order valence-corrected chi connectivity index (χ4v) is 1.31. The molecular weight excluding hydrogens is 255 g/mol. The van der Waals surface area contributed by atoms with Crippen LogP contribution in [0.4, 0.5) is 0 Å². The minimum Gasteiger partial charge on any atom is -0.377 e. The lowest BCUT2D eigenvalue weighted by Crippen LogP contribution is -2.06. The largest absolute Gasteiger partial charge is 0.377 e. The number of Topliss-reactive ketones (excluding diaryl/α,β-unsaturated/α-hetero) is 1. The third kappa shape index (κ3) is 2.79. The number of ether oxygens (including phenoxy) is 1. The molecule has 0 N–H and O–H groups in total. The normalized spacial score (nSPS) is 10.1. The summed E-state index contributed by atoms with van der Waals surface area (Å²) < 4.78 is 5.50. The van der Waals surface area contributed by atoms with Gasteiger partial charge >= 0.3 is 0 Å². The maximum absolute atomic E-state index is 11.3. The zero-order valence-corrected chi connectivity index (χ0v) is 9.35. The third-order valence-electron chi connectivity index (χ3n) is 1.52. The average Bonchev–Trinajstić information content (AvgIpc) is 2.10. The molecule has 0 unspecified atom stereocenters. The summed E-state index contributed by atoms with van der Waals surface area (Å²) in [5.41, 5.74) is 0.565. The van der Waals surface area contributed by atoms with E-state index in [4.69, 9.17) is 16.3 Å². The van der Waals surface area contributed by atoms with E-state index in [9.17, 15) is 4.79 Å². The van der Waals surface area contributed by atoms with Crippen molar-refractivity contribution < 1.29 is 9.53 Å². The third-order valence-corrected chi connectivity index (χ3v) is 2.75. The van der Waals surface area contributed by atoms with Gasteiger partial charge in [0, 0.05) is 17.1 Å². The molecule has 0 aliphatic heterocycles. The van der Waals surface area contributed by atoms with Gasteiger partial charge in [0.05, 0.1) is 5.02 Å². The highest BCUT2D eigenvalue weighted by Gasteiger charge is 2.06. The van der Waals surface area contributed by atoms with Gasteiger partial charge in [-0.25, -0.2) is 0 Å². The Kier molecular flexibility index (Phi) is 3.90. The van der Waals surface area contributed by atoms with Crippen molar-refractivity contribution >= 4 is 33.3 Å². The van der Waals surface area contributed by atoms with Crippen LogP contribution in [0.2, 0.25) is 5.02 Å². The number of methoxy groups -OCH3 is 1. The highest BCUT2D eigenvalue weighted by atomic mass is 79.9. The number of hydrogen-bond acceptors (Lipinski definition) is 2. The smallest absolute Gasteiger partial charge is 0.188 e. The molecule has 70 valence electrons. The second-order valence-electron chi connectivity index (χ2n) is 2.49. The van der Waals surface area contributed by atoms with Crippen molar-refractivity contribution in [2.24, 2.45) is 0 Å². The Morgan fingerprint density at radius 3 is 2.85 bits per heavy atom. The molecular formula is C9H8BrClO2. The summed E-state index contributed by atoms with van der Waals surface area (Å²) >= 11 is 9.06. The molecule has 0 fully saturated rings. The molecule has 0 saturated carbocycles. The Bertz CT molecular complexity index is 325. The van der Waals surface area contributed by atoms with E-state index in [0.29, 0.717) is 10.6 Å². The number of halogens is 2. The van der Waals surface area contributed by atoms with E-state index in [2.05, 4.69) is 15.9 Å². The molecule has 0 heterocycles. The number of hydrogen-bond donors (Lipinski definition) is 0. The van der Waals surface area contributed by atoms with Crippen LogP contribution in [0.3, 0.4) is 0 Å². The van der Waals surface area contributed by atoms with Crippen molar-refractivity contribution in [2.45, 2.75) is 0 Å². The SMILES string of the molecule is COCC(=O)c1ccc(Br)c(Cl)c1. The second kappa shape index (κ2) is 4.74. The molecule has 1 aromatic rings. The summed E-state index contributed by atoms with van der Waals surface area (Å²) in [5.74, 6) is -0.0723. The minimum absolute atomic E-state index is 0.0723. The first-order chi connectivity index (χ1) is 6.15. The number of carbonyl (C=O) groups excluding carboxylic acids is 1. The molecule has 1 rings (SSSR count). The molecule has 0 aliphatic rings. The van der Waals surface area contributed by atoms with E-state index in [1.165, 1.54) is 7.11 Å². The standard InChI is InChI=1S/C9H8BrClO2/c1-13-5-9(12)6-2-3-7(10)8(11)4-6/h2-4H,5H2,1H3. The van der Waals surface area contributed by atoms with Crippen LogP contribution < -0.4 is 0 Å². The number of ketones is 1. The number of carbonyl (C=O) groups is 1. The number of rotatable bonds is 3. The highest BCUT2D eigenvalue weighted by molar-refractivity contribution is 9.10. The van der Waals surface area contributed by atoms with Crippen LogP contribution in [0.15, 0.2) is 22.7 Å². The first-order valence-corrected chi connectivity index (χ1v) is 4.79. The van der Waals surface area contributed by atoms with Gasteiger partial charge in [0.1, 0.15) is 6.61 Å². The molecule has 2 nitrogen and oxygen atoms in total. The molecule has 0 spiro atoms. The molecule has 0 aliphatic carbocycles. The lowest BCUT2D eigenvalue weighted by Gasteiger charge is -2.01. The fraction of sp³-hybridized carbons (Fsp3) is 0.222. The van der Waals surface area contributed by atoms with Gasteiger partial charge in [0.15, 0.2) is 5.78 Å². The van der Waals surface area contributed by atoms with Gasteiger partial charge in [-0.05, 0) is 28.1 Å². The zero-order chi connectivity index (χ0) is 9.84. The monoisotopic (exact) mass is 262 g/mol. The van der Waals surface area contributed by atoms with Gasteiger partial charge in [0.2, 0.25) is 0 Å². The Balaban J connectivity index is 2.90. The molecule has 0 amide bonds. The summed E-state index contributed by atoms with van der Waals surface area (Å²) in [7, 11) is 1.48. The first kappa shape index (κ1) is 10.7. The highest BCUT2D eigenvalue weighted by Crippen LogP contribution is 2.23. The Hall–Kier alpha value is -0.380. The van der Waals surface area contributed by atoms with Crippen molar-refractivity contribution in [2.75, 3.05) is 13.7 Å². The van der Waals surface area contributed by atoms with Gasteiger partial charge in [0.25, 0.3) is 0 Å². The van der Waals surface area contributed by atoms with E-state index in [1.54, 1.807) is 18.2 Å². The van der Waals surface area contributed by atoms with E-state index in [-0.39, 0.29) is 12.4 Å². The quantitative estimate of drug-likeness (QED) is 0.784. The molecule has 4 heteroatoms. The second-order valence-corrected chi connectivity index (χ2v) is 3.75. The van der Waals surface area contributed by atoms with Gasteiger partial charge in [-0.3, -0.25) is 4.79 Å². The van der Waals surface area contributed by atoms with Gasteiger partial charge < -0.3 is 4.74 Å². The number of benzene rings is 1. The molecule has 1 aromatic carbocycles. The van der Waals surface area contributed by atoms with Crippen LogP contribution in [0.5, 0.6) is 0 Å². The van der Waals surface area contributed by atoms with Crippen molar-refractivity contribution in [3.05, 3.63) is 33.3 Å². The molecule has 0 saturated heterocycles. The van der Waals surface area contributed by atoms with E-state index >= 15 is 0 Å². The summed E-state index contributed by atoms with van der Waals surface area (Å²) in [5, 5.41) is 0.530. The minimum atomic E-state index is -0.0723. The zero-order valence-electron chi connectivity index (χ0n) is 7.01. The van der Waals surface area contributed by atoms with Crippen LogP contribution in [0.25, 0.3) is 0 Å². The lowest BCUT2D eigenvalue weighted by molar-refractivity contribution is 0.0848. The maximum Gasteiger partial charge on any atom is 0.188 e. The van der Waals surface area contributed by atoms with Crippen LogP contribution in [-0.4, -0.2) is 19.5 Å². The molecule has 13 heavy (non-hydrogen) atoms. The van der Waals surface area contributed by atoms with Crippen LogP contribution in [-0.2, 0) is 4.74 Å². The predicted octanol–water partition coefficient (Wildman–Crippen LogP) is 2.93. The van der Waals surface area contributed by atoms with Crippen LogP contribution in [0.1, 0.15) is 10.4 Å². The fourth-order valence-electron chi connectivity index (χ4n) is 0.884. The predicted molar refractivity (Wildman–Crippen MR) is 55.4 cm³/mol. The summed E-state index contributed by atoms with van der Waals surface area (Å²) in [6.45, 7) is 0.0813. The van der Waals surface area contributed by atoms with Crippen LogP contribution >= 0.6 is 27.5 Å². The molecule has 0 atom stereocenters. The summed E-state index contributed by atoms with van der Waals surface area (Å²) in [6, 6.07) is 5.07. The van der Waals surface area contributed by atoms with Crippen molar-refractivity contribution in [3.8, 4) is 0 Å². The van der Waals surface area contributed by atoms with E-state index in [1.807, 2.05) is 0 Å². The van der Waals surface area contributed by atoms with Crippen molar-refractivity contribution in [1.29, 1.82) is 0 Å². The topological polar surface area (TPSA) is 26.3 Å². The van der Waals surface area contributed by atoms with Crippen LogP contribution in [0, 0.1) is 0 Å². The van der Waals surface area contributed by atoms with Gasteiger partial charge in [-0.15, -0.1) is 0 Å². The van der Waals surface area contributed by atoms with Crippen molar-refractivity contribution in [1.82, 2.24) is 0 Å². The van der Waals surface area contributed by atoms with Crippen molar-refractivity contribution in [3.63, 3.8) is 0 Å². The van der Waals surface area contributed by atoms with Gasteiger partial charge in [-0.1, -0.05) is 17.7 Å². The van der Waals surface area contributed by atoms with E-state index < -0.39 is 0 Å². The van der Waals surface area contributed by atoms with Gasteiger partial charge in [-0.2, -0.15) is 0 Å². The Labute approximate surface area is 90.0 Å². The average molecular weight is 264 g/mol. The molecule has 0 aromatic heterocycles. The molecule has 0 bridgehead atoms. The summed E-state index contributed by atoms with van der Waals surface area (Å²) in [6.07, 6.45) is 0. The molecule has 0 radical (unpaired) electrons. The summed E-state index contributed by atoms with van der Waals surface area (Å²) in [4.78, 5) is 11.3. The Morgan fingerprint density at radius 2 is 2.31 bits per heavy atom.